The van der Waals surface area contributed by atoms with Crippen LogP contribution in [0.1, 0.15) is 34.6 Å². The number of amides is 1. The number of aromatic nitrogens is 1. The highest BCUT2D eigenvalue weighted by Gasteiger charge is 2.21. The molecule has 1 fully saturated rings. The van der Waals surface area contributed by atoms with E-state index in [4.69, 9.17) is 4.74 Å². The van der Waals surface area contributed by atoms with Gasteiger partial charge in [0.15, 0.2) is 0 Å². The minimum Gasteiger partial charge on any atom is -0.379 e. The van der Waals surface area contributed by atoms with E-state index < -0.39 is 0 Å². The van der Waals surface area contributed by atoms with E-state index in [1.807, 2.05) is 11.4 Å². The Hall–Kier alpha value is -1.59. The van der Waals surface area contributed by atoms with E-state index >= 15 is 0 Å². The summed E-state index contributed by atoms with van der Waals surface area (Å²) in [6.45, 7) is 6.09. The van der Waals surface area contributed by atoms with Crippen molar-refractivity contribution in [1.29, 1.82) is 0 Å². The minimum absolute atomic E-state index is 0.0289. The van der Waals surface area contributed by atoms with Crippen LogP contribution in [-0.2, 0) is 4.74 Å². The van der Waals surface area contributed by atoms with Crippen molar-refractivity contribution >= 4 is 17.2 Å². The second-order valence-electron chi connectivity index (χ2n) is 5.87. The highest BCUT2D eigenvalue weighted by molar-refractivity contribution is 7.13. The lowest BCUT2D eigenvalue weighted by Gasteiger charge is -2.10. The molecule has 1 N–H and O–H groups in total. The highest BCUT2D eigenvalue weighted by atomic mass is 32.1. The number of ether oxygens (including phenoxy) is 1. The van der Waals surface area contributed by atoms with Gasteiger partial charge in [-0.2, -0.15) is 0 Å². The van der Waals surface area contributed by atoms with E-state index in [0.717, 1.165) is 34.5 Å². The van der Waals surface area contributed by atoms with Crippen LogP contribution in [0.5, 0.6) is 0 Å². The van der Waals surface area contributed by atoms with Crippen molar-refractivity contribution < 1.29 is 9.53 Å². The highest BCUT2D eigenvalue weighted by Crippen LogP contribution is 2.28. The molecule has 2 aromatic heterocycles. The van der Waals surface area contributed by atoms with Gasteiger partial charge in [-0.25, -0.2) is 0 Å². The van der Waals surface area contributed by atoms with Crippen LogP contribution in [0.15, 0.2) is 23.6 Å². The quantitative estimate of drug-likeness (QED) is 0.796. The van der Waals surface area contributed by atoms with Crippen molar-refractivity contribution in [2.24, 2.45) is 5.92 Å². The molecule has 0 unspecified atom stereocenters. The number of nitrogens with one attached hydrogen (secondary N) is 1. The number of aryl methyl sites for hydroxylation is 2. The Labute approximate surface area is 135 Å². The van der Waals surface area contributed by atoms with E-state index in [9.17, 15) is 4.79 Å². The van der Waals surface area contributed by atoms with E-state index in [1.54, 1.807) is 11.3 Å². The zero-order valence-corrected chi connectivity index (χ0v) is 13.9. The van der Waals surface area contributed by atoms with Gasteiger partial charge in [-0.3, -0.25) is 4.79 Å². The molecule has 0 aliphatic heterocycles. The lowest BCUT2D eigenvalue weighted by atomic mass is 10.3. The van der Waals surface area contributed by atoms with Gasteiger partial charge in [0.25, 0.3) is 5.91 Å². The summed E-state index contributed by atoms with van der Waals surface area (Å²) < 4.78 is 7.68. The van der Waals surface area contributed by atoms with Crippen LogP contribution >= 0.6 is 11.3 Å². The van der Waals surface area contributed by atoms with Crippen LogP contribution in [0.25, 0.3) is 5.00 Å². The number of rotatable bonds is 7. The first-order chi connectivity index (χ1) is 10.7. The van der Waals surface area contributed by atoms with Gasteiger partial charge in [-0.05, 0) is 56.2 Å². The zero-order chi connectivity index (χ0) is 15.5. The van der Waals surface area contributed by atoms with Crippen molar-refractivity contribution in [2.75, 3.05) is 19.8 Å². The number of hydrogen-bond acceptors (Lipinski definition) is 3. The van der Waals surface area contributed by atoms with Crippen molar-refractivity contribution in [3.8, 4) is 5.00 Å². The summed E-state index contributed by atoms with van der Waals surface area (Å²) in [6, 6.07) is 6.03. The Morgan fingerprint density at radius 2 is 2.05 bits per heavy atom. The third-order valence-corrected chi connectivity index (χ3v) is 4.84. The van der Waals surface area contributed by atoms with Gasteiger partial charge in [0.05, 0.1) is 12.2 Å². The first-order valence-corrected chi connectivity index (χ1v) is 8.63. The first-order valence-electron chi connectivity index (χ1n) is 7.75. The zero-order valence-electron chi connectivity index (χ0n) is 13.1. The topological polar surface area (TPSA) is 43.3 Å². The molecule has 0 saturated heterocycles. The summed E-state index contributed by atoms with van der Waals surface area (Å²) in [6.07, 6.45) is 2.58. The molecule has 1 amide bonds. The fourth-order valence-corrected chi connectivity index (χ4v) is 3.52. The summed E-state index contributed by atoms with van der Waals surface area (Å²) in [7, 11) is 0. The summed E-state index contributed by atoms with van der Waals surface area (Å²) in [5.41, 5.74) is 3.01. The van der Waals surface area contributed by atoms with Crippen molar-refractivity contribution in [3.05, 3.63) is 40.5 Å². The molecule has 0 atom stereocenters. The van der Waals surface area contributed by atoms with E-state index in [1.165, 1.54) is 12.8 Å². The van der Waals surface area contributed by atoms with Crippen molar-refractivity contribution in [2.45, 2.75) is 26.7 Å². The Bertz CT molecular complexity index is 636. The van der Waals surface area contributed by atoms with Crippen molar-refractivity contribution in [3.63, 3.8) is 0 Å². The van der Waals surface area contributed by atoms with Gasteiger partial charge >= 0.3 is 0 Å². The fraction of sp³-hybridized carbons (Fsp3) is 0.471. The van der Waals surface area contributed by atoms with Gasteiger partial charge in [0.2, 0.25) is 0 Å². The summed E-state index contributed by atoms with van der Waals surface area (Å²) in [4.78, 5) is 12.4. The van der Waals surface area contributed by atoms with E-state index in [-0.39, 0.29) is 5.91 Å². The Morgan fingerprint density at radius 3 is 2.73 bits per heavy atom. The molecule has 0 radical (unpaired) electrons. The maximum atomic E-state index is 12.4. The maximum absolute atomic E-state index is 12.4. The predicted molar refractivity (Wildman–Crippen MR) is 89.0 cm³/mol. The number of hydrogen-bond donors (Lipinski definition) is 1. The smallest absolute Gasteiger partial charge is 0.254 e. The molecule has 2 aromatic rings. The van der Waals surface area contributed by atoms with Gasteiger partial charge in [-0.1, -0.05) is 0 Å². The third-order valence-electron chi connectivity index (χ3n) is 3.95. The molecule has 22 heavy (non-hydrogen) atoms. The molecule has 5 heteroatoms. The Morgan fingerprint density at radius 1 is 1.32 bits per heavy atom. The summed E-state index contributed by atoms with van der Waals surface area (Å²) >= 11 is 1.59. The molecule has 118 valence electrons. The number of carbonyl (C=O) groups excluding carboxylic acids is 1. The third kappa shape index (κ3) is 3.42. The second kappa shape index (κ2) is 6.67. The van der Waals surface area contributed by atoms with Crippen LogP contribution in [-0.4, -0.2) is 30.2 Å². The van der Waals surface area contributed by atoms with Gasteiger partial charge < -0.3 is 14.6 Å². The van der Waals surface area contributed by atoms with Crippen LogP contribution in [0.2, 0.25) is 0 Å². The largest absolute Gasteiger partial charge is 0.379 e. The number of carbonyl (C=O) groups is 1. The molecule has 2 heterocycles. The maximum Gasteiger partial charge on any atom is 0.254 e. The minimum atomic E-state index is -0.0289. The lowest BCUT2D eigenvalue weighted by Crippen LogP contribution is -2.28. The Balaban J connectivity index is 1.60. The first kappa shape index (κ1) is 15.3. The molecule has 3 rings (SSSR count). The Kier molecular flexibility index (Phi) is 4.64. The van der Waals surface area contributed by atoms with Crippen LogP contribution < -0.4 is 5.32 Å². The molecule has 0 spiro atoms. The van der Waals surface area contributed by atoms with E-state index in [2.05, 4.69) is 35.9 Å². The molecular formula is C17H22N2O2S. The molecule has 1 aliphatic carbocycles. The second-order valence-corrected chi connectivity index (χ2v) is 6.76. The molecule has 0 bridgehead atoms. The molecule has 0 aromatic carbocycles. The standard InChI is InChI=1S/C17H22N2O2S/c1-12-3-4-13(2)19(12)17-15(7-10-22-17)16(20)18-8-9-21-11-14-5-6-14/h3-4,7,10,14H,5-6,8-9,11H2,1-2H3,(H,18,20). The SMILES string of the molecule is Cc1ccc(C)n1-c1sccc1C(=O)NCCOCC1CC1. The van der Waals surface area contributed by atoms with Crippen LogP contribution in [0.3, 0.4) is 0 Å². The molecule has 1 aliphatic rings. The van der Waals surface area contributed by atoms with Gasteiger partial charge in [0.1, 0.15) is 5.00 Å². The van der Waals surface area contributed by atoms with E-state index in [0.29, 0.717) is 13.2 Å². The van der Waals surface area contributed by atoms with Crippen LogP contribution in [0.4, 0.5) is 0 Å². The average Bonchev–Trinajstić information content (AvgIpc) is 3.10. The normalized spacial score (nSPS) is 14.3. The predicted octanol–water partition coefficient (Wildman–Crippen LogP) is 3.31. The van der Waals surface area contributed by atoms with Crippen molar-refractivity contribution in [1.82, 2.24) is 9.88 Å². The molecular weight excluding hydrogens is 296 g/mol. The molecule has 4 nitrogen and oxygen atoms in total. The molecule has 1 saturated carbocycles. The summed E-state index contributed by atoms with van der Waals surface area (Å²) in [5.74, 6) is 0.734. The lowest BCUT2D eigenvalue weighted by molar-refractivity contribution is 0.0907. The van der Waals surface area contributed by atoms with Crippen LogP contribution in [0, 0.1) is 19.8 Å². The fourth-order valence-electron chi connectivity index (χ4n) is 2.50. The monoisotopic (exact) mass is 318 g/mol. The summed E-state index contributed by atoms with van der Waals surface area (Å²) in [5, 5.41) is 5.90. The average molecular weight is 318 g/mol. The van der Waals surface area contributed by atoms with Gasteiger partial charge in [-0.15, -0.1) is 11.3 Å². The van der Waals surface area contributed by atoms with Gasteiger partial charge in [0, 0.05) is 24.5 Å². The number of thiophene rings is 1. The number of nitrogens with zero attached hydrogens (tertiary/aromatic N) is 1.